The Morgan fingerprint density at radius 1 is 1.50 bits per heavy atom. The molecule has 16 heavy (non-hydrogen) atoms. The van der Waals surface area contributed by atoms with Gasteiger partial charge in [-0.05, 0) is 38.5 Å². The molecule has 3 nitrogen and oxygen atoms in total. The number of nitrogens with two attached hydrogens (primary N) is 1. The molecule has 0 radical (unpaired) electrons. The van der Waals surface area contributed by atoms with Crippen molar-refractivity contribution in [1.82, 2.24) is 5.32 Å². The number of carbonyl (C=O) groups excluding carboxylic acids is 1. The molecule has 0 aromatic heterocycles. The van der Waals surface area contributed by atoms with Crippen LogP contribution in [-0.2, 0) is 4.79 Å². The smallest absolute Gasteiger partial charge is 0.223 e. The summed E-state index contributed by atoms with van der Waals surface area (Å²) in [5, 5.41) is 3.09. The van der Waals surface area contributed by atoms with E-state index < -0.39 is 0 Å². The van der Waals surface area contributed by atoms with E-state index in [0.717, 1.165) is 19.3 Å². The van der Waals surface area contributed by atoms with Gasteiger partial charge in [0.05, 0.1) is 0 Å². The first-order valence-corrected chi connectivity index (χ1v) is 6.39. The van der Waals surface area contributed by atoms with Crippen LogP contribution in [-0.4, -0.2) is 18.0 Å². The summed E-state index contributed by atoms with van der Waals surface area (Å²) in [7, 11) is 0. The Hall–Kier alpha value is -0.570. The summed E-state index contributed by atoms with van der Waals surface area (Å²) in [4.78, 5) is 12.1. The van der Waals surface area contributed by atoms with E-state index in [-0.39, 0.29) is 29.3 Å². The standard InChI is InChI=1S/C13H26N2O/c1-9(14)8-10(2)15-12(16)11-6-5-7-13(11,3)4/h9-11H,5-8,14H2,1-4H3,(H,15,16). The largest absolute Gasteiger partial charge is 0.353 e. The van der Waals surface area contributed by atoms with E-state index in [0.29, 0.717) is 0 Å². The quantitative estimate of drug-likeness (QED) is 0.771. The fourth-order valence-electron chi connectivity index (χ4n) is 2.77. The van der Waals surface area contributed by atoms with Crippen molar-refractivity contribution >= 4 is 5.91 Å². The van der Waals surface area contributed by atoms with Crippen LogP contribution in [0, 0.1) is 11.3 Å². The number of nitrogens with one attached hydrogen (secondary N) is 1. The molecule has 1 aliphatic carbocycles. The number of amides is 1. The summed E-state index contributed by atoms with van der Waals surface area (Å²) in [6.07, 6.45) is 4.21. The van der Waals surface area contributed by atoms with Gasteiger partial charge in [-0.2, -0.15) is 0 Å². The topological polar surface area (TPSA) is 55.1 Å². The normalized spacial score (nSPS) is 27.4. The number of hydrogen-bond donors (Lipinski definition) is 2. The molecule has 0 heterocycles. The van der Waals surface area contributed by atoms with Crippen molar-refractivity contribution in [2.45, 2.75) is 65.5 Å². The molecule has 1 rings (SSSR count). The van der Waals surface area contributed by atoms with Crippen LogP contribution in [0.2, 0.25) is 0 Å². The predicted molar refractivity (Wildman–Crippen MR) is 67.0 cm³/mol. The molecule has 3 unspecified atom stereocenters. The van der Waals surface area contributed by atoms with E-state index in [4.69, 9.17) is 5.73 Å². The minimum Gasteiger partial charge on any atom is -0.353 e. The Balaban J connectivity index is 2.46. The first-order chi connectivity index (χ1) is 7.33. The molecular formula is C13H26N2O. The van der Waals surface area contributed by atoms with Crippen LogP contribution in [0.5, 0.6) is 0 Å². The summed E-state index contributed by atoms with van der Waals surface area (Å²) in [6, 6.07) is 0.329. The first-order valence-electron chi connectivity index (χ1n) is 6.39. The van der Waals surface area contributed by atoms with Crippen molar-refractivity contribution in [2.75, 3.05) is 0 Å². The Bertz CT molecular complexity index is 248. The Kier molecular flexibility index (Phi) is 4.36. The fourth-order valence-corrected chi connectivity index (χ4v) is 2.77. The average molecular weight is 226 g/mol. The van der Waals surface area contributed by atoms with Crippen molar-refractivity contribution in [2.24, 2.45) is 17.1 Å². The zero-order chi connectivity index (χ0) is 12.3. The highest BCUT2D eigenvalue weighted by molar-refractivity contribution is 5.80. The maximum absolute atomic E-state index is 12.1. The molecule has 0 aromatic rings. The number of rotatable bonds is 4. The highest BCUT2D eigenvalue weighted by Crippen LogP contribution is 2.42. The second-order valence-electron chi connectivity index (χ2n) is 6.06. The first kappa shape index (κ1) is 13.5. The summed E-state index contributed by atoms with van der Waals surface area (Å²) in [5.41, 5.74) is 5.89. The van der Waals surface area contributed by atoms with E-state index in [1.54, 1.807) is 0 Å². The molecule has 3 N–H and O–H groups in total. The highest BCUT2D eigenvalue weighted by atomic mass is 16.2. The Morgan fingerprint density at radius 2 is 2.12 bits per heavy atom. The van der Waals surface area contributed by atoms with Gasteiger partial charge in [-0.25, -0.2) is 0 Å². The molecule has 1 aliphatic rings. The van der Waals surface area contributed by atoms with Crippen LogP contribution < -0.4 is 11.1 Å². The van der Waals surface area contributed by atoms with Gasteiger partial charge in [0, 0.05) is 18.0 Å². The van der Waals surface area contributed by atoms with Crippen LogP contribution in [0.4, 0.5) is 0 Å². The van der Waals surface area contributed by atoms with E-state index in [1.165, 1.54) is 6.42 Å². The van der Waals surface area contributed by atoms with E-state index in [2.05, 4.69) is 19.2 Å². The van der Waals surface area contributed by atoms with Gasteiger partial charge in [0.2, 0.25) is 5.91 Å². The molecule has 0 bridgehead atoms. The number of carbonyl (C=O) groups is 1. The fraction of sp³-hybridized carbons (Fsp3) is 0.923. The molecule has 0 aliphatic heterocycles. The van der Waals surface area contributed by atoms with Gasteiger partial charge in [0.15, 0.2) is 0 Å². The lowest BCUT2D eigenvalue weighted by molar-refractivity contribution is -0.128. The molecule has 94 valence electrons. The second-order valence-corrected chi connectivity index (χ2v) is 6.06. The van der Waals surface area contributed by atoms with Gasteiger partial charge >= 0.3 is 0 Å². The highest BCUT2D eigenvalue weighted by Gasteiger charge is 2.39. The molecule has 0 spiro atoms. The van der Waals surface area contributed by atoms with Gasteiger partial charge in [-0.1, -0.05) is 20.3 Å². The zero-order valence-corrected chi connectivity index (χ0v) is 11.0. The van der Waals surface area contributed by atoms with Gasteiger partial charge in [0.1, 0.15) is 0 Å². The Morgan fingerprint density at radius 3 is 2.56 bits per heavy atom. The maximum atomic E-state index is 12.1. The van der Waals surface area contributed by atoms with E-state index in [9.17, 15) is 4.79 Å². The molecule has 1 fully saturated rings. The third-order valence-corrected chi connectivity index (χ3v) is 3.69. The van der Waals surface area contributed by atoms with E-state index in [1.807, 2.05) is 13.8 Å². The van der Waals surface area contributed by atoms with Crippen molar-refractivity contribution in [1.29, 1.82) is 0 Å². The van der Waals surface area contributed by atoms with Gasteiger partial charge in [-0.3, -0.25) is 4.79 Å². The SMILES string of the molecule is CC(N)CC(C)NC(=O)C1CCCC1(C)C. The molecule has 0 aromatic carbocycles. The van der Waals surface area contributed by atoms with Crippen LogP contribution in [0.3, 0.4) is 0 Å². The van der Waals surface area contributed by atoms with Crippen LogP contribution >= 0.6 is 0 Å². The lowest BCUT2D eigenvalue weighted by Gasteiger charge is -2.27. The summed E-state index contributed by atoms with van der Waals surface area (Å²) < 4.78 is 0. The summed E-state index contributed by atoms with van der Waals surface area (Å²) >= 11 is 0. The average Bonchev–Trinajstić information content (AvgIpc) is 2.43. The molecule has 3 heteroatoms. The van der Waals surface area contributed by atoms with Crippen molar-refractivity contribution in [3.05, 3.63) is 0 Å². The van der Waals surface area contributed by atoms with Crippen LogP contribution in [0.25, 0.3) is 0 Å². The van der Waals surface area contributed by atoms with Crippen molar-refractivity contribution < 1.29 is 4.79 Å². The third-order valence-electron chi connectivity index (χ3n) is 3.69. The van der Waals surface area contributed by atoms with Gasteiger partial charge in [-0.15, -0.1) is 0 Å². The molecular weight excluding hydrogens is 200 g/mol. The van der Waals surface area contributed by atoms with E-state index >= 15 is 0 Å². The van der Waals surface area contributed by atoms with Gasteiger partial charge in [0.25, 0.3) is 0 Å². The lowest BCUT2D eigenvalue weighted by atomic mass is 9.81. The van der Waals surface area contributed by atoms with Crippen molar-refractivity contribution in [3.63, 3.8) is 0 Å². The molecule has 3 atom stereocenters. The lowest BCUT2D eigenvalue weighted by Crippen LogP contribution is -2.42. The van der Waals surface area contributed by atoms with Crippen LogP contribution in [0.1, 0.15) is 53.4 Å². The zero-order valence-electron chi connectivity index (χ0n) is 11.0. The summed E-state index contributed by atoms with van der Waals surface area (Å²) in [5.74, 6) is 0.402. The second kappa shape index (κ2) is 5.17. The van der Waals surface area contributed by atoms with Crippen LogP contribution in [0.15, 0.2) is 0 Å². The predicted octanol–water partition coefficient (Wildman–Crippen LogP) is 2.05. The maximum Gasteiger partial charge on any atom is 0.223 e. The molecule has 0 saturated heterocycles. The summed E-state index contributed by atoms with van der Waals surface area (Å²) in [6.45, 7) is 8.40. The Labute approximate surface area is 99.2 Å². The minimum atomic E-state index is 0.145. The molecule has 1 amide bonds. The third kappa shape index (κ3) is 3.48. The molecule has 1 saturated carbocycles. The van der Waals surface area contributed by atoms with Gasteiger partial charge < -0.3 is 11.1 Å². The minimum absolute atomic E-state index is 0.145. The van der Waals surface area contributed by atoms with Crippen molar-refractivity contribution in [3.8, 4) is 0 Å². The number of hydrogen-bond acceptors (Lipinski definition) is 2. The monoisotopic (exact) mass is 226 g/mol.